The minimum Gasteiger partial charge on any atom is -0.497 e. The van der Waals surface area contributed by atoms with Crippen molar-refractivity contribution in [2.45, 2.75) is 32.4 Å². The Morgan fingerprint density at radius 2 is 1.55 bits per heavy atom. The minimum absolute atomic E-state index is 0.0643. The molecule has 7 nitrogen and oxygen atoms in total. The van der Waals surface area contributed by atoms with Crippen molar-refractivity contribution in [3.63, 3.8) is 0 Å². The van der Waals surface area contributed by atoms with Gasteiger partial charge in [0.25, 0.3) is 0 Å². The van der Waals surface area contributed by atoms with Crippen molar-refractivity contribution >= 4 is 33.0 Å². The van der Waals surface area contributed by atoms with E-state index in [1.54, 1.807) is 43.3 Å². The van der Waals surface area contributed by atoms with E-state index in [1.807, 2.05) is 19.9 Å². The van der Waals surface area contributed by atoms with Crippen LogP contribution in [0.5, 0.6) is 5.75 Å². The van der Waals surface area contributed by atoms with Gasteiger partial charge in [0, 0.05) is 11.4 Å². The van der Waals surface area contributed by atoms with Crippen molar-refractivity contribution in [3.05, 3.63) is 53.6 Å². The van der Waals surface area contributed by atoms with E-state index < -0.39 is 32.7 Å². The molecule has 0 radical (unpaired) electrons. The van der Waals surface area contributed by atoms with Crippen LogP contribution in [0.3, 0.4) is 0 Å². The number of carbonyl (C=O) groups excluding carboxylic acids is 2. The van der Waals surface area contributed by atoms with Crippen molar-refractivity contribution in [1.82, 2.24) is 0 Å². The van der Waals surface area contributed by atoms with Gasteiger partial charge in [-0.3, -0.25) is 9.59 Å². The van der Waals surface area contributed by atoms with E-state index in [0.717, 1.165) is 11.1 Å². The number of anilines is 2. The molecular formula is C21H26N2O5S. The van der Waals surface area contributed by atoms with Crippen LogP contribution in [0.1, 0.15) is 24.5 Å². The number of ether oxygens (including phenoxy) is 1. The number of hydrogen-bond donors (Lipinski definition) is 2. The molecule has 2 N–H and O–H groups in total. The first-order chi connectivity index (χ1) is 13.6. The molecular weight excluding hydrogens is 392 g/mol. The molecule has 0 spiro atoms. The number of methoxy groups -OCH3 is 1. The van der Waals surface area contributed by atoms with Gasteiger partial charge in [0.1, 0.15) is 16.8 Å². The van der Waals surface area contributed by atoms with Crippen LogP contribution in [-0.2, 0) is 19.4 Å². The number of amides is 2. The fourth-order valence-electron chi connectivity index (χ4n) is 3.03. The highest BCUT2D eigenvalue weighted by Gasteiger charge is 2.33. The second-order valence-corrected chi connectivity index (χ2v) is 9.03. The summed E-state index contributed by atoms with van der Waals surface area (Å²) < 4.78 is 30.4. The Morgan fingerprint density at radius 1 is 0.966 bits per heavy atom. The minimum atomic E-state index is -3.99. The molecule has 0 aromatic heterocycles. The Hall–Kier alpha value is -2.87. The first kappa shape index (κ1) is 22.4. The maximum atomic E-state index is 12.7. The Labute approximate surface area is 171 Å². The van der Waals surface area contributed by atoms with Gasteiger partial charge in [-0.05, 0) is 67.8 Å². The molecule has 0 fully saturated rings. The monoisotopic (exact) mass is 418 g/mol. The van der Waals surface area contributed by atoms with E-state index in [9.17, 15) is 18.0 Å². The summed E-state index contributed by atoms with van der Waals surface area (Å²) in [6, 6.07) is 12.0. The van der Waals surface area contributed by atoms with Crippen LogP contribution in [0.2, 0.25) is 0 Å². The van der Waals surface area contributed by atoms with Gasteiger partial charge in [0.15, 0.2) is 9.84 Å². The molecule has 0 heterocycles. The number of hydrogen-bond acceptors (Lipinski definition) is 5. The Bertz CT molecular complexity index is 964. The van der Waals surface area contributed by atoms with Gasteiger partial charge in [-0.25, -0.2) is 8.42 Å². The molecule has 0 saturated heterocycles. The van der Waals surface area contributed by atoms with Crippen LogP contribution in [0, 0.1) is 13.8 Å². The number of nitrogens with one attached hydrogen (secondary N) is 2. The van der Waals surface area contributed by atoms with Crippen LogP contribution in [0.15, 0.2) is 42.5 Å². The second kappa shape index (κ2) is 9.56. The van der Waals surface area contributed by atoms with Crippen LogP contribution >= 0.6 is 0 Å². The van der Waals surface area contributed by atoms with E-state index in [4.69, 9.17) is 4.74 Å². The van der Waals surface area contributed by atoms with Crippen LogP contribution in [0.4, 0.5) is 11.4 Å². The van der Waals surface area contributed by atoms with Gasteiger partial charge in [-0.15, -0.1) is 0 Å². The van der Waals surface area contributed by atoms with Crippen molar-refractivity contribution < 1.29 is 22.7 Å². The predicted octanol–water partition coefficient (Wildman–Crippen LogP) is 3.08. The number of aryl methyl sites for hydroxylation is 2. The topological polar surface area (TPSA) is 102 Å². The first-order valence-electron chi connectivity index (χ1n) is 9.19. The molecule has 2 rings (SSSR count). The molecule has 1 atom stereocenters. The molecule has 0 saturated carbocycles. The van der Waals surface area contributed by atoms with Crippen LogP contribution < -0.4 is 15.4 Å². The zero-order valence-electron chi connectivity index (χ0n) is 17.0. The summed E-state index contributed by atoms with van der Waals surface area (Å²) >= 11 is 0. The lowest BCUT2D eigenvalue weighted by Gasteiger charge is -2.16. The Morgan fingerprint density at radius 3 is 2.07 bits per heavy atom. The van der Waals surface area contributed by atoms with Crippen molar-refractivity contribution in [2.75, 3.05) is 23.5 Å². The fraction of sp³-hybridized carbons (Fsp3) is 0.333. The first-order valence-corrected chi connectivity index (χ1v) is 10.9. The lowest BCUT2D eigenvalue weighted by Crippen LogP contribution is -2.39. The van der Waals surface area contributed by atoms with Gasteiger partial charge in [-0.2, -0.15) is 0 Å². The van der Waals surface area contributed by atoms with E-state index in [1.165, 1.54) is 7.11 Å². The maximum absolute atomic E-state index is 12.7. The average molecular weight is 419 g/mol. The third-order valence-electron chi connectivity index (χ3n) is 4.29. The van der Waals surface area contributed by atoms with E-state index in [0.29, 0.717) is 17.1 Å². The lowest BCUT2D eigenvalue weighted by atomic mass is 10.1. The Kier molecular flexibility index (Phi) is 7.39. The molecule has 0 aliphatic carbocycles. The normalized spacial score (nSPS) is 12.1. The summed E-state index contributed by atoms with van der Waals surface area (Å²) in [7, 11) is -2.47. The van der Waals surface area contributed by atoms with Crippen molar-refractivity contribution in [1.29, 1.82) is 0 Å². The molecule has 8 heteroatoms. The molecule has 2 aromatic carbocycles. The molecule has 0 aliphatic rings. The molecule has 29 heavy (non-hydrogen) atoms. The Balaban J connectivity index is 2.07. The fourth-order valence-corrected chi connectivity index (χ4v) is 4.56. The van der Waals surface area contributed by atoms with Gasteiger partial charge in [-0.1, -0.05) is 13.0 Å². The molecule has 156 valence electrons. The van der Waals surface area contributed by atoms with Crippen molar-refractivity contribution in [2.24, 2.45) is 0 Å². The summed E-state index contributed by atoms with van der Waals surface area (Å²) in [5, 5.41) is 3.86. The summed E-state index contributed by atoms with van der Waals surface area (Å²) in [6.07, 6.45) is 0.0643. The highest BCUT2D eigenvalue weighted by Crippen LogP contribution is 2.18. The summed E-state index contributed by atoms with van der Waals surface area (Å²) in [4.78, 5) is 24.8. The SMILES string of the molecule is CCC(C(=O)Nc1cc(C)cc(C)c1)S(=O)(=O)CC(=O)Nc1ccc(OC)cc1. The number of sulfone groups is 1. The highest BCUT2D eigenvalue weighted by atomic mass is 32.2. The van der Waals surface area contributed by atoms with Crippen LogP contribution in [-0.4, -0.2) is 38.3 Å². The highest BCUT2D eigenvalue weighted by molar-refractivity contribution is 7.93. The van der Waals surface area contributed by atoms with Crippen LogP contribution in [0.25, 0.3) is 0 Å². The third kappa shape index (κ3) is 6.32. The molecule has 2 aromatic rings. The lowest BCUT2D eigenvalue weighted by molar-refractivity contribution is -0.115. The van der Waals surface area contributed by atoms with E-state index >= 15 is 0 Å². The molecule has 1 unspecified atom stereocenters. The number of rotatable bonds is 8. The summed E-state index contributed by atoms with van der Waals surface area (Å²) in [6.45, 7) is 5.38. The average Bonchev–Trinajstić information content (AvgIpc) is 2.61. The van der Waals surface area contributed by atoms with Crippen molar-refractivity contribution in [3.8, 4) is 5.75 Å². The van der Waals surface area contributed by atoms with Gasteiger partial charge in [0.05, 0.1) is 7.11 Å². The van der Waals surface area contributed by atoms with E-state index in [-0.39, 0.29) is 6.42 Å². The molecule has 2 amide bonds. The van der Waals surface area contributed by atoms with Gasteiger partial charge < -0.3 is 15.4 Å². The third-order valence-corrected chi connectivity index (χ3v) is 6.37. The smallest absolute Gasteiger partial charge is 0.242 e. The van der Waals surface area contributed by atoms with Gasteiger partial charge in [0.2, 0.25) is 11.8 Å². The standard InChI is InChI=1S/C21H26N2O5S/c1-5-19(21(25)23-17-11-14(2)10-15(3)12-17)29(26,27)13-20(24)22-16-6-8-18(28-4)9-7-16/h6-12,19H,5,13H2,1-4H3,(H,22,24)(H,23,25). The largest absolute Gasteiger partial charge is 0.497 e. The van der Waals surface area contributed by atoms with Gasteiger partial charge >= 0.3 is 0 Å². The molecule has 0 aliphatic heterocycles. The predicted molar refractivity (Wildman–Crippen MR) is 114 cm³/mol. The number of carbonyl (C=O) groups is 2. The number of benzene rings is 2. The van der Waals surface area contributed by atoms with E-state index in [2.05, 4.69) is 10.6 Å². The second-order valence-electron chi connectivity index (χ2n) is 6.85. The zero-order chi connectivity index (χ0) is 21.6. The quantitative estimate of drug-likeness (QED) is 0.686. The summed E-state index contributed by atoms with van der Waals surface area (Å²) in [5.41, 5.74) is 2.88. The molecule has 0 bridgehead atoms. The zero-order valence-corrected chi connectivity index (χ0v) is 17.8. The summed E-state index contributed by atoms with van der Waals surface area (Å²) in [5.74, 6) is -1.51. The maximum Gasteiger partial charge on any atom is 0.242 e.